The monoisotopic (exact) mass is 216 g/mol. The van der Waals surface area contributed by atoms with Gasteiger partial charge in [0.25, 0.3) is 0 Å². The Balaban J connectivity index is 2.17. The van der Waals surface area contributed by atoms with Gasteiger partial charge in [-0.1, -0.05) is 32.0 Å². The predicted molar refractivity (Wildman–Crippen MR) is 70.9 cm³/mol. The van der Waals surface area contributed by atoms with Gasteiger partial charge in [0.15, 0.2) is 0 Å². The van der Waals surface area contributed by atoms with Gasteiger partial charge in [0, 0.05) is 0 Å². The molecule has 1 fully saturated rings. The highest BCUT2D eigenvalue weighted by molar-refractivity contribution is 5.35. The van der Waals surface area contributed by atoms with Crippen LogP contribution in [0.1, 0.15) is 62.1 Å². The highest BCUT2D eigenvalue weighted by Gasteiger charge is 2.28. The number of hydrogen-bond acceptors (Lipinski definition) is 0. The summed E-state index contributed by atoms with van der Waals surface area (Å²) in [5.74, 6) is 0.813. The molecule has 0 N–H and O–H groups in total. The molecule has 88 valence electrons. The molecule has 0 amide bonds. The van der Waals surface area contributed by atoms with Crippen LogP contribution in [-0.4, -0.2) is 0 Å². The van der Waals surface area contributed by atoms with Gasteiger partial charge in [-0.2, -0.15) is 0 Å². The molecule has 0 saturated heterocycles. The molecule has 0 unspecified atom stereocenters. The summed E-state index contributed by atoms with van der Waals surface area (Å²) < 4.78 is 0. The van der Waals surface area contributed by atoms with Crippen LogP contribution in [-0.2, 0) is 0 Å². The van der Waals surface area contributed by atoms with Crippen molar-refractivity contribution in [2.45, 2.75) is 59.3 Å². The van der Waals surface area contributed by atoms with Crippen LogP contribution in [0.3, 0.4) is 0 Å². The minimum absolute atomic E-state index is 0.578. The van der Waals surface area contributed by atoms with Gasteiger partial charge in [0.05, 0.1) is 0 Å². The van der Waals surface area contributed by atoms with Crippen molar-refractivity contribution in [1.82, 2.24) is 0 Å². The van der Waals surface area contributed by atoms with Crippen molar-refractivity contribution in [3.05, 3.63) is 34.9 Å². The summed E-state index contributed by atoms with van der Waals surface area (Å²) in [5, 5.41) is 0. The second kappa shape index (κ2) is 4.24. The molecule has 0 atom stereocenters. The van der Waals surface area contributed by atoms with Gasteiger partial charge in [-0.05, 0) is 67.6 Å². The second-order valence-electron chi connectivity index (χ2n) is 6.23. The largest absolute Gasteiger partial charge is 0.0617 e. The molecular formula is C16H24. The maximum atomic E-state index is 2.41. The molecule has 0 spiro atoms. The molecule has 1 aromatic rings. The number of rotatable bonds is 1. The first kappa shape index (κ1) is 11.7. The molecule has 1 aromatic carbocycles. The molecule has 1 aliphatic carbocycles. The van der Waals surface area contributed by atoms with Crippen LogP contribution in [0.4, 0.5) is 0 Å². The maximum absolute atomic E-state index is 2.41. The fourth-order valence-corrected chi connectivity index (χ4v) is 2.93. The minimum Gasteiger partial charge on any atom is -0.0617 e. The Bertz CT molecular complexity index is 364. The summed E-state index contributed by atoms with van der Waals surface area (Å²) in [4.78, 5) is 0. The van der Waals surface area contributed by atoms with Crippen LogP contribution >= 0.6 is 0 Å². The van der Waals surface area contributed by atoms with Gasteiger partial charge in [0.2, 0.25) is 0 Å². The summed E-state index contributed by atoms with van der Waals surface area (Å²) in [7, 11) is 0. The van der Waals surface area contributed by atoms with E-state index in [1.165, 1.54) is 36.8 Å². The molecule has 16 heavy (non-hydrogen) atoms. The zero-order valence-corrected chi connectivity index (χ0v) is 11.1. The lowest BCUT2D eigenvalue weighted by Crippen LogP contribution is -2.20. The van der Waals surface area contributed by atoms with Crippen molar-refractivity contribution < 1.29 is 0 Å². The van der Waals surface area contributed by atoms with Crippen molar-refractivity contribution in [2.75, 3.05) is 0 Å². The third-order valence-electron chi connectivity index (χ3n) is 4.43. The van der Waals surface area contributed by atoms with Gasteiger partial charge in [-0.15, -0.1) is 0 Å². The van der Waals surface area contributed by atoms with Gasteiger partial charge in [-0.25, -0.2) is 0 Å². The van der Waals surface area contributed by atoms with E-state index in [-0.39, 0.29) is 0 Å². The Kier molecular flexibility index (Phi) is 3.10. The first-order chi connectivity index (χ1) is 7.49. The lowest BCUT2D eigenvalue weighted by atomic mass is 9.70. The Morgan fingerprint density at radius 1 is 1.06 bits per heavy atom. The lowest BCUT2D eigenvalue weighted by molar-refractivity contribution is 0.224. The molecule has 0 aliphatic heterocycles. The molecule has 1 saturated carbocycles. The van der Waals surface area contributed by atoms with E-state index in [2.05, 4.69) is 45.9 Å². The van der Waals surface area contributed by atoms with E-state index < -0.39 is 0 Å². The summed E-state index contributed by atoms with van der Waals surface area (Å²) in [6, 6.07) is 6.79. The Hall–Kier alpha value is -0.780. The Morgan fingerprint density at radius 2 is 1.69 bits per heavy atom. The third-order valence-corrected chi connectivity index (χ3v) is 4.43. The molecule has 0 aromatic heterocycles. The smallest absolute Gasteiger partial charge is 0.0159 e. The molecule has 0 nitrogen and oxygen atoms in total. The topological polar surface area (TPSA) is 0 Å². The number of aryl methyl sites for hydroxylation is 1. The molecule has 1 aliphatic rings. The first-order valence-electron chi connectivity index (χ1n) is 6.56. The summed E-state index contributed by atoms with van der Waals surface area (Å²) in [6.45, 7) is 9.33. The number of benzene rings is 1. The zero-order valence-electron chi connectivity index (χ0n) is 11.1. The van der Waals surface area contributed by atoms with Crippen molar-refractivity contribution in [2.24, 2.45) is 5.41 Å². The minimum atomic E-state index is 0.578. The van der Waals surface area contributed by atoms with Crippen molar-refractivity contribution in [3.8, 4) is 0 Å². The van der Waals surface area contributed by atoms with Crippen LogP contribution in [0.25, 0.3) is 0 Å². The fraction of sp³-hybridized carbons (Fsp3) is 0.625. The van der Waals surface area contributed by atoms with Crippen LogP contribution in [0.15, 0.2) is 18.2 Å². The van der Waals surface area contributed by atoms with Crippen molar-refractivity contribution in [1.29, 1.82) is 0 Å². The SMILES string of the molecule is Cc1cccc(C2CCC(C)(C)CC2)c1C. The standard InChI is InChI=1S/C16H24/c1-12-6-5-7-15(13(12)2)14-8-10-16(3,4)11-9-14/h5-7,14H,8-11H2,1-4H3. The lowest BCUT2D eigenvalue weighted by Gasteiger charge is -2.35. The summed E-state index contributed by atoms with van der Waals surface area (Å²) in [5.41, 5.74) is 5.15. The van der Waals surface area contributed by atoms with Gasteiger partial charge >= 0.3 is 0 Å². The first-order valence-corrected chi connectivity index (χ1v) is 6.56. The van der Waals surface area contributed by atoms with Crippen molar-refractivity contribution >= 4 is 0 Å². The second-order valence-corrected chi connectivity index (χ2v) is 6.23. The Morgan fingerprint density at radius 3 is 2.31 bits per heavy atom. The molecular weight excluding hydrogens is 192 g/mol. The van der Waals surface area contributed by atoms with Gasteiger partial charge in [0.1, 0.15) is 0 Å². The van der Waals surface area contributed by atoms with Crippen molar-refractivity contribution in [3.63, 3.8) is 0 Å². The van der Waals surface area contributed by atoms with E-state index in [9.17, 15) is 0 Å². The van der Waals surface area contributed by atoms with Crippen LogP contribution in [0.5, 0.6) is 0 Å². The molecule has 2 rings (SSSR count). The van der Waals surface area contributed by atoms with Crippen LogP contribution < -0.4 is 0 Å². The van der Waals surface area contributed by atoms with E-state index in [1.807, 2.05) is 0 Å². The Labute approximate surface area is 100 Å². The third kappa shape index (κ3) is 2.31. The molecule has 0 radical (unpaired) electrons. The normalized spacial score (nSPS) is 21.0. The van der Waals surface area contributed by atoms with Crippen LogP contribution in [0.2, 0.25) is 0 Å². The highest BCUT2D eigenvalue weighted by Crippen LogP contribution is 2.43. The van der Waals surface area contributed by atoms with Crippen LogP contribution in [0, 0.1) is 19.3 Å². The quantitative estimate of drug-likeness (QED) is 0.620. The zero-order chi connectivity index (χ0) is 11.8. The average Bonchev–Trinajstić information content (AvgIpc) is 2.23. The average molecular weight is 216 g/mol. The predicted octanol–water partition coefficient (Wildman–Crippen LogP) is 4.99. The molecule has 0 bridgehead atoms. The maximum Gasteiger partial charge on any atom is -0.0159 e. The van der Waals surface area contributed by atoms with E-state index in [0.29, 0.717) is 5.41 Å². The van der Waals surface area contributed by atoms with Gasteiger partial charge < -0.3 is 0 Å². The summed E-state index contributed by atoms with van der Waals surface area (Å²) in [6.07, 6.45) is 5.50. The van der Waals surface area contributed by atoms with E-state index >= 15 is 0 Å². The number of hydrogen-bond donors (Lipinski definition) is 0. The molecule has 0 heteroatoms. The highest BCUT2D eigenvalue weighted by atomic mass is 14.3. The van der Waals surface area contributed by atoms with E-state index in [1.54, 1.807) is 5.56 Å². The fourth-order valence-electron chi connectivity index (χ4n) is 2.93. The van der Waals surface area contributed by atoms with Gasteiger partial charge in [-0.3, -0.25) is 0 Å². The van der Waals surface area contributed by atoms with E-state index in [0.717, 1.165) is 5.92 Å². The summed E-state index contributed by atoms with van der Waals surface area (Å²) >= 11 is 0. The van der Waals surface area contributed by atoms with E-state index in [4.69, 9.17) is 0 Å². The molecule has 0 heterocycles.